The predicted molar refractivity (Wildman–Crippen MR) is 233 cm³/mol. The molecule has 288 valence electrons. The molecular weight excluding hydrogens is 878 g/mol. The summed E-state index contributed by atoms with van der Waals surface area (Å²) in [6.07, 6.45) is 2.62. The molecular formula is C52H48N3OPt-. The first-order chi connectivity index (χ1) is 28.6. The Balaban J connectivity index is 0.00000561. The van der Waals surface area contributed by atoms with Crippen molar-refractivity contribution in [2.24, 2.45) is 0 Å². The smallest absolute Gasteiger partial charge is 0.148 e. The summed E-state index contributed by atoms with van der Waals surface area (Å²) in [5, 5.41) is 11.4. The van der Waals surface area contributed by atoms with Gasteiger partial charge in [-0.15, -0.1) is 29.3 Å². The number of phenolic OH excluding ortho intramolecular Hbond substituents is 1. The first-order valence-corrected chi connectivity index (χ1v) is 19.2. The largest absolute Gasteiger partial charge is 0.507 e. The summed E-state index contributed by atoms with van der Waals surface area (Å²) in [4.78, 5) is 10.2. The van der Waals surface area contributed by atoms with E-state index in [2.05, 4.69) is 119 Å². The minimum absolute atomic E-state index is 0. The van der Waals surface area contributed by atoms with Gasteiger partial charge in [-0.3, -0.25) is 9.55 Å². The second-order valence-corrected chi connectivity index (χ2v) is 16.2. The van der Waals surface area contributed by atoms with Crippen LogP contribution in [0.1, 0.15) is 70.1 Å². The van der Waals surface area contributed by atoms with E-state index in [1.807, 2.05) is 36.4 Å². The minimum atomic E-state index is -0.261. The van der Waals surface area contributed by atoms with Crippen molar-refractivity contribution in [3.63, 3.8) is 0 Å². The molecule has 0 aliphatic rings. The van der Waals surface area contributed by atoms with Gasteiger partial charge in [-0.05, 0) is 82.8 Å². The fourth-order valence-electron chi connectivity index (χ4n) is 7.15. The van der Waals surface area contributed by atoms with Gasteiger partial charge in [0.25, 0.3) is 0 Å². The van der Waals surface area contributed by atoms with Crippen molar-refractivity contribution in [2.75, 3.05) is 0 Å². The number of hydrogen-bond acceptors (Lipinski definition) is 3. The molecule has 0 fully saturated rings. The van der Waals surface area contributed by atoms with Crippen molar-refractivity contribution in [1.29, 1.82) is 0 Å². The summed E-state index contributed by atoms with van der Waals surface area (Å²) in [6.45, 7) is 14.9. The molecule has 0 unspecified atom stereocenters. The Bertz CT molecular complexity index is 2920. The molecule has 0 amide bonds. The Hall–Kier alpha value is -5.57. The van der Waals surface area contributed by atoms with Gasteiger partial charge in [0.1, 0.15) is 11.6 Å². The van der Waals surface area contributed by atoms with Crippen LogP contribution in [0.2, 0.25) is 0 Å². The van der Waals surface area contributed by atoms with Crippen LogP contribution in [0.5, 0.6) is 5.75 Å². The fraction of sp³-hybridized carbons (Fsp3) is 0.192. The van der Waals surface area contributed by atoms with Gasteiger partial charge in [0.15, 0.2) is 0 Å². The van der Waals surface area contributed by atoms with Crippen molar-refractivity contribution < 1.29 is 31.7 Å². The SMILES string of the molecule is [2H]c1c([2H])c(-c2ccnc(-c3[c-]c(-c4cccc5c4nc(-c4ccccc4O)n5-c4ccc(C(C)(C)CC)cc4-c4ccccc4)cc(C(C)(C)C)c3)c2)c([2H])c([2H])c1C.[Pt]. The summed E-state index contributed by atoms with van der Waals surface area (Å²) < 4.78 is 36.6. The molecule has 0 atom stereocenters. The van der Waals surface area contributed by atoms with Crippen molar-refractivity contribution in [3.8, 4) is 67.5 Å². The summed E-state index contributed by atoms with van der Waals surface area (Å²) in [5.41, 5.74) is 11.3. The Morgan fingerprint density at radius 2 is 1.39 bits per heavy atom. The van der Waals surface area contributed by atoms with Crippen LogP contribution < -0.4 is 0 Å². The zero-order valence-corrected chi connectivity index (χ0v) is 35.6. The van der Waals surface area contributed by atoms with Crippen molar-refractivity contribution in [1.82, 2.24) is 14.5 Å². The average molecular weight is 930 g/mol. The standard InChI is InChI=1S/C52H48N3O.Pt/c1-8-52(6,7)40-25-26-46(44(33-40)36-15-10-9-11-16-36)55-47-19-14-18-42(49(47)54-50(55)43-17-12-13-20-48(43)56)38-29-39(31-41(30-38)51(3,4)5)45-32-37(27-28-53-45)35-23-21-34(2)22-24-35;/h9-28,30-33,56H,8H2,1-7H3;/q-1;/i21D,22D,23D,24D;. The molecule has 57 heavy (non-hydrogen) atoms. The van der Waals surface area contributed by atoms with E-state index in [-0.39, 0.29) is 67.4 Å². The summed E-state index contributed by atoms with van der Waals surface area (Å²) in [5.74, 6) is 0.736. The van der Waals surface area contributed by atoms with Crippen LogP contribution in [0.25, 0.3) is 72.7 Å². The van der Waals surface area contributed by atoms with E-state index in [4.69, 9.17) is 15.5 Å². The third kappa shape index (κ3) is 7.76. The van der Waals surface area contributed by atoms with Gasteiger partial charge in [-0.25, -0.2) is 4.98 Å². The van der Waals surface area contributed by atoms with Crippen LogP contribution in [0.4, 0.5) is 0 Å². The van der Waals surface area contributed by atoms with Gasteiger partial charge in [-0.2, -0.15) is 0 Å². The van der Waals surface area contributed by atoms with Crippen LogP contribution in [-0.4, -0.2) is 19.6 Å². The number of fused-ring (bicyclic) bond motifs is 1. The van der Waals surface area contributed by atoms with E-state index >= 15 is 0 Å². The maximum Gasteiger partial charge on any atom is 0.148 e. The van der Waals surface area contributed by atoms with E-state index in [0.29, 0.717) is 28.2 Å². The molecule has 0 saturated heterocycles. The number of aromatic hydroxyl groups is 1. The summed E-state index contributed by atoms with van der Waals surface area (Å²) in [6, 6.07) is 41.8. The van der Waals surface area contributed by atoms with Gasteiger partial charge in [-0.1, -0.05) is 149 Å². The van der Waals surface area contributed by atoms with E-state index in [9.17, 15) is 5.11 Å². The average Bonchev–Trinajstić information content (AvgIpc) is 3.64. The molecule has 0 bridgehead atoms. The maximum atomic E-state index is 11.4. The molecule has 0 saturated carbocycles. The number of benzene rings is 6. The predicted octanol–water partition coefficient (Wildman–Crippen LogP) is 13.6. The van der Waals surface area contributed by atoms with Gasteiger partial charge >= 0.3 is 0 Å². The summed E-state index contributed by atoms with van der Waals surface area (Å²) >= 11 is 0. The van der Waals surface area contributed by atoms with Crippen molar-refractivity contribution >= 4 is 11.0 Å². The van der Waals surface area contributed by atoms with E-state index < -0.39 is 0 Å². The number of phenols is 1. The molecule has 5 heteroatoms. The van der Waals surface area contributed by atoms with Gasteiger partial charge < -0.3 is 5.11 Å². The Morgan fingerprint density at radius 3 is 2.11 bits per heavy atom. The van der Waals surface area contributed by atoms with Crippen molar-refractivity contribution in [3.05, 3.63) is 168 Å². The number of pyridine rings is 1. The fourth-order valence-corrected chi connectivity index (χ4v) is 7.15. The first-order valence-electron chi connectivity index (χ1n) is 21.2. The minimum Gasteiger partial charge on any atom is -0.507 e. The topological polar surface area (TPSA) is 50.9 Å². The third-order valence-electron chi connectivity index (χ3n) is 10.9. The Labute approximate surface area is 357 Å². The molecule has 0 aliphatic heterocycles. The molecule has 0 aliphatic carbocycles. The Morgan fingerprint density at radius 1 is 0.684 bits per heavy atom. The van der Waals surface area contributed by atoms with E-state index in [1.165, 1.54) is 5.56 Å². The second-order valence-electron chi connectivity index (χ2n) is 16.2. The van der Waals surface area contributed by atoms with Crippen LogP contribution >= 0.6 is 0 Å². The number of aromatic nitrogens is 3. The van der Waals surface area contributed by atoms with Crippen molar-refractivity contribution in [2.45, 2.75) is 65.7 Å². The van der Waals surface area contributed by atoms with E-state index in [0.717, 1.165) is 56.5 Å². The zero-order valence-electron chi connectivity index (χ0n) is 37.4. The van der Waals surface area contributed by atoms with Crippen LogP contribution in [-0.2, 0) is 31.9 Å². The molecule has 8 rings (SSSR count). The van der Waals surface area contributed by atoms with Crippen LogP contribution in [0.15, 0.2) is 146 Å². The number of imidazole rings is 1. The number of hydrogen-bond donors (Lipinski definition) is 1. The Kier molecular flexibility index (Phi) is 9.58. The molecule has 6 aromatic carbocycles. The summed E-state index contributed by atoms with van der Waals surface area (Å²) in [7, 11) is 0. The van der Waals surface area contributed by atoms with Gasteiger partial charge in [0.05, 0.1) is 27.8 Å². The van der Waals surface area contributed by atoms with Gasteiger partial charge in [0.2, 0.25) is 0 Å². The molecule has 0 radical (unpaired) electrons. The quantitative estimate of drug-likeness (QED) is 0.155. The number of nitrogens with zero attached hydrogens (tertiary/aromatic N) is 3. The van der Waals surface area contributed by atoms with Crippen LogP contribution in [0, 0.1) is 13.0 Å². The normalized spacial score (nSPS) is 12.8. The van der Waals surface area contributed by atoms with Crippen LogP contribution in [0.3, 0.4) is 0 Å². The first kappa shape index (κ1) is 34.7. The molecule has 2 heterocycles. The molecule has 4 nitrogen and oxygen atoms in total. The molecule has 1 N–H and O–H groups in total. The number of rotatable bonds is 8. The maximum absolute atomic E-state index is 11.4. The molecule has 0 spiro atoms. The molecule has 8 aromatic rings. The third-order valence-corrected chi connectivity index (χ3v) is 10.9. The second kappa shape index (κ2) is 15.8. The number of para-hydroxylation sites is 2. The molecule has 2 aromatic heterocycles. The monoisotopic (exact) mass is 929 g/mol. The zero-order chi connectivity index (χ0) is 42.7. The van der Waals surface area contributed by atoms with Gasteiger partial charge in [0, 0.05) is 38.5 Å². The van der Waals surface area contributed by atoms with E-state index in [1.54, 1.807) is 25.3 Å².